The first-order valence-electron chi connectivity index (χ1n) is 16.7. The van der Waals surface area contributed by atoms with Crippen molar-refractivity contribution in [2.75, 3.05) is 62.3 Å². The first-order valence-corrected chi connectivity index (χ1v) is 21.6. The summed E-state index contributed by atoms with van der Waals surface area (Å²) >= 11 is 3.28. The fraction of sp³-hybridized carbons (Fsp3) is 0.400. The molecule has 0 bridgehead atoms. The molecule has 1 fully saturated rings. The van der Waals surface area contributed by atoms with Gasteiger partial charge in [-0.05, 0) is 60.8 Å². The molecule has 6 rings (SSSR count). The van der Waals surface area contributed by atoms with E-state index in [2.05, 4.69) is 49.6 Å². The van der Waals surface area contributed by atoms with Gasteiger partial charge in [-0.25, -0.2) is 8.42 Å². The number of anilines is 1. The molecule has 11 nitrogen and oxygen atoms in total. The average molecular weight is 759 g/mol. The van der Waals surface area contributed by atoms with Crippen molar-refractivity contribution in [1.29, 1.82) is 0 Å². The summed E-state index contributed by atoms with van der Waals surface area (Å²) in [6.07, 6.45) is 10.8. The molecule has 3 aromatic rings. The summed E-state index contributed by atoms with van der Waals surface area (Å²) in [7, 11) is -8.36. The second-order valence-electron chi connectivity index (χ2n) is 12.5. The molecule has 3 aliphatic rings. The summed E-state index contributed by atoms with van der Waals surface area (Å²) in [5.74, 6) is -0.705. The number of hydrogen-bond acceptors (Lipinski definition) is 11. The molecule has 2 aromatic carbocycles. The molecule has 0 atom stereocenters. The maximum atomic E-state index is 11.4. The Kier molecular flexibility index (Phi) is 11.8. The maximum Gasteiger partial charge on any atom is 0.264 e. The molecule has 2 N–H and O–H groups in total. The molecule has 1 saturated heterocycles. The zero-order chi connectivity index (χ0) is 35.3. The average Bonchev–Trinajstić information content (AvgIpc) is 3.75. The minimum absolute atomic E-state index is 0.131. The van der Waals surface area contributed by atoms with E-state index in [0.29, 0.717) is 26.1 Å². The van der Waals surface area contributed by atoms with Crippen LogP contribution in [0.1, 0.15) is 30.7 Å². The van der Waals surface area contributed by atoms with Crippen LogP contribution >= 0.6 is 23.1 Å². The summed E-state index contributed by atoms with van der Waals surface area (Å²) < 4.78 is 69.4. The van der Waals surface area contributed by atoms with Gasteiger partial charge in [0.15, 0.2) is 6.54 Å². The number of thioether (sulfide) groups is 1. The number of para-hydroxylation sites is 2. The molecule has 1 aliphatic carbocycles. The predicted molar refractivity (Wildman–Crippen MR) is 198 cm³/mol. The Morgan fingerprint density at radius 3 is 2.40 bits per heavy atom. The Bertz CT molecular complexity index is 2050. The largest absolute Gasteiger partial charge is 0.748 e. The number of allylic oxidation sites excluding steroid dienone is 5. The van der Waals surface area contributed by atoms with E-state index in [9.17, 15) is 31.0 Å². The van der Waals surface area contributed by atoms with Gasteiger partial charge in [0.2, 0.25) is 5.52 Å². The fourth-order valence-electron chi connectivity index (χ4n) is 6.74. The van der Waals surface area contributed by atoms with Gasteiger partial charge >= 0.3 is 0 Å². The molecule has 0 saturated carbocycles. The zero-order valence-corrected chi connectivity index (χ0v) is 31.0. The molecule has 0 unspecified atom stereocenters. The fourth-order valence-corrected chi connectivity index (χ4v) is 9.90. The molecule has 15 heteroatoms. The van der Waals surface area contributed by atoms with Crippen LogP contribution in [0.15, 0.2) is 93.5 Å². The number of aliphatic hydroxyl groups excluding tert-OH is 1. The van der Waals surface area contributed by atoms with Crippen molar-refractivity contribution in [2.45, 2.75) is 37.1 Å². The monoisotopic (exact) mass is 758 g/mol. The van der Waals surface area contributed by atoms with Crippen molar-refractivity contribution in [1.82, 2.24) is 9.80 Å². The molecule has 1 aromatic heterocycles. The van der Waals surface area contributed by atoms with Crippen LogP contribution in [0.2, 0.25) is 0 Å². The highest BCUT2D eigenvalue weighted by Crippen LogP contribution is 2.46. The number of aromatic nitrogens is 1. The second kappa shape index (κ2) is 16.1. The number of fused-ring (bicyclic) bond motifs is 2. The molecular formula is C35H42N4O7S4. The third kappa shape index (κ3) is 9.25. The smallest absolute Gasteiger partial charge is 0.264 e. The molecule has 0 amide bonds. The van der Waals surface area contributed by atoms with Crippen LogP contribution in [-0.4, -0.2) is 98.2 Å². The van der Waals surface area contributed by atoms with Crippen molar-refractivity contribution in [3.8, 4) is 0 Å². The van der Waals surface area contributed by atoms with Gasteiger partial charge in [-0.2, -0.15) is 13.0 Å². The molecule has 3 heterocycles. The van der Waals surface area contributed by atoms with Crippen LogP contribution in [-0.2, 0) is 26.8 Å². The number of benzene rings is 2. The minimum Gasteiger partial charge on any atom is -0.748 e. The Labute approximate surface area is 302 Å². The number of hydrogen-bond donors (Lipinski definition) is 2. The highest BCUT2D eigenvalue weighted by molar-refractivity contribution is 8.03. The molecule has 268 valence electrons. The lowest BCUT2D eigenvalue weighted by atomic mass is 10.1. The number of aliphatic hydroxyl groups is 1. The van der Waals surface area contributed by atoms with Gasteiger partial charge in [0.25, 0.3) is 15.1 Å². The van der Waals surface area contributed by atoms with Crippen LogP contribution < -0.4 is 9.47 Å². The van der Waals surface area contributed by atoms with E-state index in [1.54, 1.807) is 23.1 Å². The summed E-state index contributed by atoms with van der Waals surface area (Å²) in [6, 6.07) is 16.0. The van der Waals surface area contributed by atoms with Gasteiger partial charge in [0, 0.05) is 74.2 Å². The van der Waals surface area contributed by atoms with Gasteiger partial charge in [-0.3, -0.25) is 9.45 Å². The molecule has 0 spiro atoms. The van der Waals surface area contributed by atoms with E-state index in [1.165, 1.54) is 16.8 Å². The third-order valence-electron chi connectivity index (χ3n) is 9.06. The van der Waals surface area contributed by atoms with Crippen molar-refractivity contribution in [3.05, 3.63) is 93.6 Å². The number of β-amino-alcohol motifs (C(OH)–C–C–N with tert-alkyl or cyclic N) is 1. The normalized spacial score (nSPS) is 19.3. The van der Waals surface area contributed by atoms with Crippen LogP contribution in [0, 0.1) is 0 Å². The Hall–Kier alpha value is -3.02. The predicted octanol–water partition coefficient (Wildman–Crippen LogP) is 4.45. The lowest BCUT2D eigenvalue weighted by molar-refractivity contribution is -0.668. The highest BCUT2D eigenvalue weighted by atomic mass is 32.2. The number of rotatable bonds is 14. The van der Waals surface area contributed by atoms with Crippen LogP contribution in [0.3, 0.4) is 0 Å². The van der Waals surface area contributed by atoms with E-state index in [1.807, 2.05) is 42.5 Å². The lowest BCUT2D eigenvalue weighted by Gasteiger charge is -2.37. The lowest BCUT2D eigenvalue weighted by Crippen LogP contribution is -2.46. The zero-order valence-electron chi connectivity index (χ0n) is 27.7. The summed E-state index contributed by atoms with van der Waals surface area (Å²) in [5, 5.41) is 11.5. The van der Waals surface area contributed by atoms with Crippen molar-refractivity contribution in [2.24, 2.45) is 0 Å². The van der Waals surface area contributed by atoms with Gasteiger partial charge < -0.3 is 19.5 Å². The van der Waals surface area contributed by atoms with E-state index in [-0.39, 0.29) is 18.8 Å². The third-order valence-corrected chi connectivity index (χ3v) is 12.9. The minimum atomic E-state index is -4.30. The first kappa shape index (κ1) is 36.8. The molecule has 0 radical (unpaired) electrons. The summed E-state index contributed by atoms with van der Waals surface area (Å²) in [6.45, 7) is 5.01. The second-order valence-corrected chi connectivity index (χ2v) is 17.7. The molecule has 2 aliphatic heterocycles. The van der Waals surface area contributed by atoms with Gasteiger partial charge in [-0.15, -0.1) is 0 Å². The summed E-state index contributed by atoms with van der Waals surface area (Å²) in [5.41, 5.74) is 5.65. The van der Waals surface area contributed by atoms with Gasteiger partial charge in [0.05, 0.1) is 33.2 Å². The standard InChI is InChI=1S/C35H42N4O7S4/c40-24-23-36-19-21-37(22-20-36)35-27(13-15-33-38(17-5-25-49(41,42)43)29-7-1-3-9-31(29)47-33)11-12-28(35)14-16-34-39(18-6-26-50(44,45)46)30-8-2-4-10-32(30)48-34/h1-4,7-10,13-16,40H,5-6,11-12,17-26H2,(H-,41,42,43,44,45,46). The van der Waals surface area contributed by atoms with E-state index in [4.69, 9.17) is 0 Å². The number of thiazole rings is 1. The Balaban J connectivity index is 1.32. The van der Waals surface area contributed by atoms with Gasteiger partial charge in [-0.1, -0.05) is 53.4 Å². The number of nitrogens with zero attached hydrogens (tertiary/aromatic N) is 4. The van der Waals surface area contributed by atoms with Gasteiger partial charge in [0.1, 0.15) is 4.70 Å². The van der Waals surface area contributed by atoms with Crippen LogP contribution in [0.25, 0.3) is 16.3 Å². The van der Waals surface area contributed by atoms with Crippen molar-refractivity contribution in [3.63, 3.8) is 0 Å². The molecular weight excluding hydrogens is 717 g/mol. The van der Waals surface area contributed by atoms with E-state index < -0.39 is 26.0 Å². The Morgan fingerprint density at radius 2 is 1.64 bits per heavy atom. The highest BCUT2D eigenvalue weighted by Gasteiger charge is 2.28. The van der Waals surface area contributed by atoms with Crippen molar-refractivity contribution >= 4 is 65.3 Å². The van der Waals surface area contributed by atoms with E-state index in [0.717, 1.165) is 69.9 Å². The first-order chi connectivity index (χ1) is 24.0. The van der Waals surface area contributed by atoms with Crippen LogP contribution in [0.5, 0.6) is 0 Å². The quantitative estimate of drug-likeness (QED) is 0.178. The summed E-state index contributed by atoms with van der Waals surface area (Å²) in [4.78, 5) is 7.92. The SMILES string of the molecule is O=S(=O)([O-])CCC[n+]1c(/C=C/C2=C(N3CCN(CCO)CC3)C(=C/C=C3\Sc4ccccc4N3CCCS(=O)(=O)O)/CC2)sc2ccccc21. The topological polar surface area (TPSA) is 145 Å². The maximum absolute atomic E-state index is 11.4. The van der Waals surface area contributed by atoms with E-state index >= 15 is 0 Å². The number of piperazine rings is 1. The van der Waals surface area contributed by atoms with Crippen LogP contribution in [0.4, 0.5) is 5.69 Å². The number of aryl methyl sites for hydroxylation is 1. The molecule has 50 heavy (non-hydrogen) atoms. The van der Waals surface area contributed by atoms with Crippen molar-refractivity contribution < 1.29 is 35.6 Å². The Morgan fingerprint density at radius 1 is 0.880 bits per heavy atom.